The summed E-state index contributed by atoms with van der Waals surface area (Å²) in [5, 5.41) is 13.0. The van der Waals surface area contributed by atoms with E-state index in [9.17, 15) is 5.11 Å². The molecule has 0 atom stereocenters. The van der Waals surface area contributed by atoms with Crippen LogP contribution in [0.25, 0.3) is 0 Å². The fraction of sp³-hybridized carbons (Fsp3) is 0.333. The lowest BCUT2D eigenvalue weighted by Crippen LogP contribution is -2.15. The number of phenolic OH excluding ortho intramolecular Hbond substituents is 1. The second-order valence-corrected chi connectivity index (χ2v) is 4.43. The molecule has 2 rings (SSSR count). The Kier molecular flexibility index (Phi) is 4.42. The molecular formula is C15H20N2O. The molecule has 0 bridgehead atoms. The van der Waals surface area contributed by atoms with Crippen molar-refractivity contribution in [2.24, 2.45) is 0 Å². The van der Waals surface area contributed by atoms with Gasteiger partial charge in [-0.05, 0) is 24.6 Å². The molecule has 0 unspecified atom stereocenters. The van der Waals surface area contributed by atoms with Gasteiger partial charge < -0.3 is 15.0 Å². The average molecular weight is 244 g/mol. The lowest BCUT2D eigenvalue weighted by Gasteiger charge is -2.10. The monoisotopic (exact) mass is 244 g/mol. The molecule has 3 nitrogen and oxygen atoms in total. The molecule has 1 aromatic heterocycles. The number of para-hydroxylation sites is 1. The van der Waals surface area contributed by atoms with Gasteiger partial charge in [-0.2, -0.15) is 0 Å². The molecule has 0 aliphatic heterocycles. The van der Waals surface area contributed by atoms with Gasteiger partial charge >= 0.3 is 0 Å². The highest BCUT2D eigenvalue weighted by molar-refractivity contribution is 5.31. The summed E-state index contributed by atoms with van der Waals surface area (Å²) in [5.74, 6) is 0.356. The van der Waals surface area contributed by atoms with Crippen LogP contribution in [0.4, 0.5) is 0 Å². The number of phenols is 1. The summed E-state index contributed by atoms with van der Waals surface area (Å²) in [5.41, 5.74) is 2.22. The Morgan fingerprint density at radius 1 is 1.11 bits per heavy atom. The largest absolute Gasteiger partial charge is 0.508 e. The first-order valence-electron chi connectivity index (χ1n) is 6.43. The first-order chi connectivity index (χ1) is 8.81. The molecule has 0 spiro atoms. The zero-order valence-corrected chi connectivity index (χ0v) is 10.8. The number of aromatic nitrogens is 1. The van der Waals surface area contributed by atoms with Gasteiger partial charge in [0, 0.05) is 37.1 Å². The number of nitrogens with one attached hydrogen (secondary N) is 1. The summed E-state index contributed by atoms with van der Waals surface area (Å²) in [6.45, 7) is 4.74. The molecule has 1 aromatic carbocycles. The quantitative estimate of drug-likeness (QED) is 0.820. The van der Waals surface area contributed by atoms with Crippen molar-refractivity contribution < 1.29 is 5.11 Å². The van der Waals surface area contributed by atoms with E-state index in [1.165, 1.54) is 5.69 Å². The van der Waals surface area contributed by atoms with Crippen molar-refractivity contribution in [1.82, 2.24) is 9.88 Å². The van der Waals surface area contributed by atoms with Crippen molar-refractivity contribution in [1.29, 1.82) is 0 Å². The minimum absolute atomic E-state index is 0.356. The molecule has 2 aromatic rings. The Morgan fingerprint density at radius 2 is 1.94 bits per heavy atom. The van der Waals surface area contributed by atoms with E-state index >= 15 is 0 Å². The number of hydrogen-bond acceptors (Lipinski definition) is 2. The fourth-order valence-electron chi connectivity index (χ4n) is 2.05. The maximum atomic E-state index is 9.66. The Hall–Kier alpha value is -1.74. The fourth-order valence-corrected chi connectivity index (χ4v) is 2.05. The van der Waals surface area contributed by atoms with Gasteiger partial charge in [0.1, 0.15) is 5.75 Å². The molecule has 18 heavy (non-hydrogen) atoms. The molecule has 0 aliphatic carbocycles. The van der Waals surface area contributed by atoms with Crippen LogP contribution in [0, 0.1) is 0 Å². The predicted molar refractivity (Wildman–Crippen MR) is 73.4 cm³/mol. The van der Waals surface area contributed by atoms with E-state index in [0.29, 0.717) is 12.3 Å². The van der Waals surface area contributed by atoms with Crippen LogP contribution in [0.15, 0.2) is 42.6 Å². The number of aromatic hydroxyl groups is 1. The topological polar surface area (TPSA) is 37.2 Å². The van der Waals surface area contributed by atoms with E-state index in [-0.39, 0.29) is 0 Å². The Balaban J connectivity index is 1.88. The van der Waals surface area contributed by atoms with Gasteiger partial charge in [0.25, 0.3) is 0 Å². The van der Waals surface area contributed by atoms with Gasteiger partial charge in [-0.3, -0.25) is 0 Å². The molecule has 96 valence electrons. The van der Waals surface area contributed by atoms with E-state index in [2.05, 4.69) is 35.1 Å². The zero-order valence-electron chi connectivity index (χ0n) is 10.8. The molecular weight excluding hydrogens is 224 g/mol. The minimum Gasteiger partial charge on any atom is -0.508 e. The third-order valence-electron chi connectivity index (χ3n) is 3.00. The maximum Gasteiger partial charge on any atom is 0.120 e. The van der Waals surface area contributed by atoms with Crippen molar-refractivity contribution in [2.45, 2.75) is 33.0 Å². The number of aryl methyl sites for hydroxylation is 1. The highest BCUT2D eigenvalue weighted by Gasteiger charge is 2.01. The summed E-state index contributed by atoms with van der Waals surface area (Å²) < 4.78 is 2.26. The number of nitrogens with zero attached hydrogens (tertiary/aromatic N) is 1. The van der Waals surface area contributed by atoms with E-state index in [0.717, 1.165) is 25.1 Å². The van der Waals surface area contributed by atoms with Gasteiger partial charge in [0.2, 0.25) is 0 Å². The van der Waals surface area contributed by atoms with Crippen molar-refractivity contribution in [3.8, 4) is 5.75 Å². The average Bonchev–Trinajstić information content (AvgIpc) is 2.80. The van der Waals surface area contributed by atoms with Crippen molar-refractivity contribution in [2.75, 3.05) is 0 Å². The van der Waals surface area contributed by atoms with Gasteiger partial charge in [0.15, 0.2) is 0 Å². The molecule has 0 fully saturated rings. The van der Waals surface area contributed by atoms with Crippen molar-refractivity contribution >= 4 is 0 Å². The zero-order chi connectivity index (χ0) is 12.8. The second-order valence-electron chi connectivity index (χ2n) is 4.43. The van der Waals surface area contributed by atoms with Crippen LogP contribution in [0.3, 0.4) is 0 Å². The SMILES string of the molecule is CCCn1cccc1CNCc1ccccc1O. The van der Waals surface area contributed by atoms with Gasteiger partial charge in [-0.1, -0.05) is 25.1 Å². The normalized spacial score (nSPS) is 10.7. The van der Waals surface area contributed by atoms with Gasteiger partial charge in [-0.25, -0.2) is 0 Å². The molecule has 3 heteroatoms. The first-order valence-corrected chi connectivity index (χ1v) is 6.43. The molecule has 0 aliphatic rings. The highest BCUT2D eigenvalue weighted by Crippen LogP contribution is 2.15. The van der Waals surface area contributed by atoms with Crippen LogP contribution < -0.4 is 5.32 Å². The molecule has 1 heterocycles. The van der Waals surface area contributed by atoms with E-state index in [4.69, 9.17) is 0 Å². The standard InChI is InChI=1S/C15H20N2O/c1-2-9-17-10-5-7-14(17)12-16-11-13-6-3-4-8-15(13)18/h3-8,10,16,18H,2,9,11-12H2,1H3. The van der Waals surface area contributed by atoms with E-state index < -0.39 is 0 Å². The van der Waals surface area contributed by atoms with Crippen LogP contribution in [-0.4, -0.2) is 9.67 Å². The van der Waals surface area contributed by atoms with Crippen LogP contribution >= 0.6 is 0 Å². The van der Waals surface area contributed by atoms with Gasteiger partial charge in [0.05, 0.1) is 0 Å². The maximum absolute atomic E-state index is 9.66. The Morgan fingerprint density at radius 3 is 2.72 bits per heavy atom. The minimum atomic E-state index is 0.356. The highest BCUT2D eigenvalue weighted by atomic mass is 16.3. The van der Waals surface area contributed by atoms with Crippen molar-refractivity contribution in [3.63, 3.8) is 0 Å². The predicted octanol–water partition coefficient (Wildman–Crippen LogP) is 2.89. The molecule has 0 saturated carbocycles. The summed E-state index contributed by atoms with van der Waals surface area (Å²) in [4.78, 5) is 0. The van der Waals surface area contributed by atoms with Crippen LogP contribution in [0.2, 0.25) is 0 Å². The summed E-state index contributed by atoms with van der Waals surface area (Å²) >= 11 is 0. The Labute approximate surface area is 108 Å². The molecule has 0 amide bonds. The number of rotatable bonds is 6. The number of benzene rings is 1. The first kappa shape index (κ1) is 12.7. The third-order valence-corrected chi connectivity index (χ3v) is 3.00. The van der Waals surface area contributed by atoms with Crippen LogP contribution in [0.1, 0.15) is 24.6 Å². The summed E-state index contributed by atoms with van der Waals surface area (Å²) in [7, 11) is 0. The van der Waals surface area contributed by atoms with Crippen LogP contribution in [0.5, 0.6) is 5.75 Å². The lowest BCUT2D eigenvalue weighted by atomic mass is 10.2. The van der Waals surface area contributed by atoms with E-state index in [1.54, 1.807) is 6.07 Å². The number of hydrogen-bond donors (Lipinski definition) is 2. The smallest absolute Gasteiger partial charge is 0.120 e. The summed E-state index contributed by atoms with van der Waals surface area (Å²) in [6.07, 6.45) is 3.25. The molecule has 0 radical (unpaired) electrons. The summed E-state index contributed by atoms with van der Waals surface area (Å²) in [6, 6.07) is 11.6. The van der Waals surface area contributed by atoms with Crippen molar-refractivity contribution in [3.05, 3.63) is 53.9 Å². The molecule has 2 N–H and O–H groups in total. The van der Waals surface area contributed by atoms with E-state index in [1.807, 2.05) is 18.2 Å². The lowest BCUT2D eigenvalue weighted by molar-refractivity contribution is 0.463. The van der Waals surface area contributed by atoms with Gasteiger partial charge in [-0.15, -0.1) is 0 Å². The third kappa shape index (κ3) is 3.14. The Bertz CT molecular complexity index is 491. The molecule has 0 saturated heterocycles. The second kappa shape index (κ2) is 6.26. The van der Waals surface area contributed by atoms with Crippen LogP contribution in [-0.2, 0) is 19.6 Å².